The normalized spacial score (nSPS) is 13.3. The third kappa shape index (κ3) is 4.57. The summed E-state index contributed by atoms with van der Waals surface area (Å²) in [6.07, 6.45) is 6.01. The summed E-state index contributed by atoms with van der Waals surface area (Å²) in [6.45, 7) is 0.519. The summed E-state index contributed by atoms with van der Waals surface area (Å²) in [6, 6.07) is 17.9. The number of carbonyl (C=O) groups is 1. The van der Waals surface area contributed by atoms with Crippen LogP contribution in [0.5, 0.6) is 5.75 Å². The van der Waals surface area contributed by atoms with E-state index in [0.717, 1.165) is 53.1 Å². The number of ether oxygens (including phenoxy) is 2. The lowest BCUT2D eigenvalue weighted by molar-refractivity contribution is 0.0601. The van der Waals surface area contributed by atoms with Crippen LogP contribution in [0.15, 0.2) is 59.6 Å². The highest BCUT2D eigenvalue weighted by molar-refractivity contribution is 7.16. The van der Waals surface area contributed by atoms with E-state index in [0.29, 0.717) is 12.2 Å². The highest BCUT2D eigenvalue weighted by Gasteiger charge is 2.25. The first kappa shape index (κ1) is 19.4. The van der Waals surface area contributed by atoms with E-state index in [1.165, 1.54) is 12.0 Å². The molecule has 1 aliphatic rings. The average molecular weight is 406 g/mol. The molecule has 5 heteroatoms. The van der Waals surface area contributed by atoms with Crippen LogP contribution >= 0.6 is 11.3 Å². The van der Waals surface area contributed by atoms with Crippen LogP contribution in [0.4, 0.5) is 5.00 Å². The van der Waals surface area contributed by atoms with Gasteiger partial charge in [0.15, 0.2) is 0 Å². The minimum atomic E-state index is -0.295. The first-order chi connectivity index (χ1) is 14.2. The number of aryl methyl sites for hydroxylation is 1. The number of hydrogen-bond acceptors (Lipinski definition) is 5. The minimum Gasteiger partial charge on any atom is -0.489 e. The number of carbonyl (C=O) groups excluding carboxylic acids is 1. The summed E-state index contributed by atoms with van der Waals surface area (Å²) in [5.41, 5.74) is 3.82. The molecule has 0 radical (unpaired) electrons. The molecule has 0 saturated carbocycles. The third-order valence-corrected chi connectivity index (χ3v) is 6.18. The Bertz CT molecular complexity index is 1020. The highest BCUT2D eigenvalue weighted by Crippen LogP contribution is 2.40. The van der Waals surface area contributed by atoms with E-state index in [2.05, 4.69) is 4.99 Å². The molecule has 3 aromatic rings. The van der Waals surface area contributed by atoms with Crippen LogP contribution in [-0.4, -0.2) is 19.3 Å². The molecule has 0 unspecified atom stereocenters. The Balaban J connectivity index is 1.53. The van der Waals surface area contributed by atoms with Gasteiger partial charge in [0.1, 0.15) is 17.4 Å². The number of thiophene rings is 1. The van der Waals surface area contributed by atoms with E-state index in [4.69, 9.17) is 9.47 Å². The molecule has 0 atom stereocenters. The molecule has 148 valence electrons. The number of benzene rings is 2. The molecule has 1 aromatic heterocycles. The fourth-order valence-corrected chi connectivity index (χ4v) is 4.73. The summed E-state index contributed by atoms with van der Waals surface area (Å²) in [5.74, 6) is 0.493. The van der Waals surface area contributed by atoms with Crippen molar-refractivity contribution < 1.29 is 14.3 Å². The molecule has 4 nitrogen and oxygen atoms in total. The summed E-state index contributed by atoms with van der Waals surface area (Å²) >= 11 is 1.61. The van der Waals surface area contributed by atoms with Crippen molar-refractivity contribution in [2.45, 2.75) is 32.3 Å². The topological polar surface area (TPSA) is 47.9 Å². The van der Waals surface area contributed by atoms with Gasteiger partial charge in [0, 0.05) is 11.1 Å². The van der Waals surface area contributed by atoms with Gasteiger partial charge in [0.2, 0.25) is 0 Å². The Morgan fingerprint density at radius 1 is 1.10 bits per heavy atom. The molecule has 0 bridgehead atoms. The van der Waals surface area contributed by atoms with E-state index in [-0.39, 0.29) is 5.97 Å². The highest BCUT2D eigenvalue weighted by atomic mass is 32.1. The monoisotopic (exact) mass is 405 g/mol. The number of nitrogens with zero attached hydrogens (tertiary/aromatic N) is 1. The fraction of sp³-hybridized carbons (Fsp3) is 0.250. The predicted molar refractivity (Wildman–Crippen MR) is 117 cm³/mol. The molecule has 2 aromatic carbocycles. The van der Waals surface area contributed by atoms with Gasteiger partial charge in [0.25, 0.3) is 0 Å². The number of hydrogen-bond donors (Lipinski definition) is 0. The standard InChI is InChI=1S/C24H23NO3S/c1-27-24(26)22-20-12-5-6-13-21(20)29-23(22)25-15-18-10-7-11-19(14-18)28-16-17-8-3-2-4-9-17/h2-4,7-11,14-15H,5-6,12-13,16H2,1H3. The van der Waals surface area contributed by atoms with Gasteiger partial charge in [-0.25, -0.2) is 9.79 Å². The van der Waals surface area contributed by atoms with E-state index < -0.39 is 0 Å². The summed E-state index contributed by atoms with van der Waals surface area (Å²) in [4.78, 5) is 18.3. The lowest BCUT2D eigenvalue weighted by Gasteiger charge is -2.11. The second kappa shape index (κ2) is 9.05. The Hall–Kier alpha value is -2.92. The molecule has 0 fully saturated rings. The smallest absolute Gasteiger partial charge is 0.341 e. The number of methoxy groups -OCH3 is 1. The van der Waals surface area contributed by atoms with Gasteiger partial charge in [-0.1, -0.05) is 42.5 Å². The molecule has 0 spiro atoms. The lowest BCUT2D eigenvalue weighted by atomic mass is 9.95. The van der Waals surface area contributed by atoms with E-state index >= 15 is 0 Å². The summed E-state index contributed by atoms with van der Waals surface area (Å²) < 4.78 is 10.9. The maximum absolute atomic E-state index is 12.3. The molecular formula is C24H23NO3S. The maximum Gasteiger partial charge on any atom is 0.341 e. The van der Waals surface area contributed by atoms with E-state index in [9.17, 15) is 4.79 Å². The molecular weight excluding hydrogens is 382 g/mol. The van der Waals surface area contributed by atoms with Gasteiger partial charge in [0.05, 0.1) is 12.7 Å². The molecule has 4 rings (SSSR count). The average Bonchev–Trinajstić information content (AvgIpc) is 3.15. The first-order valence-corrected chi connectivity index (χ1v) is 10.6. The quantitative estimate of drug-likeness (QED) is 0.388. The molecule has 29 heavy (non-hydrogen) atoms. The van der Waals surface area contributed by atoms with Crippen molar-refractivity contribution in [1.82, 2.24) is 0 Å². The molecule has 0 amide bonds. The van der Waals surface area contributed by atoms with Gasteiger partial charge in [-0.15, -0.1) is 11.3 Å². The molecule has 0 saturated heterocycles. The molecule has 0 aliphatic heterocycles. The van der Waals surface area contributed by atoms with Crippen LogP contribution in [0.25, 0.3) is 0 Å². The SMILES string of the molecule is COC(=O)c1c(N=Cc2cccc(OCc3ccccc3)c2)sc2c1CCCC2. The van der Waals surface area contributed by atoms with Crippen molar-refractivity contribution in [3.63, 3.8) is 0 Å². The van der Waals surface area contributed by atoms with Crippen LogP contribution in [0, 0.1) is 0 Å². The Morgan fingerprint density at radius 2 is 1.93 bits per heavy atom. The van der Waals surface area contributed by atoms with Crippen LogP contribution in [0.3, 0.4) is 0 Å². The van der Waals surface area contributed by atoms with Crippen molar-refractivity contribution in [1.29, 1.82) is 0 Å². The number of fused-ring (bicyclic) bond motifs is 1. The van der Waals surface area contributed by atoms with Crippen molar-refractivity contribution in [2.24, 2.45) is 4.99 Å². The third-order valence-electron chi connectivity index (χ3n) is 4.98. The van der Waals surface area contributed by atoms with Crippen molar-refractivity contribution >= 4 is 28.5 Å². The molecule has 0 N–H and O–H groups in total. The van der Waals surface area contributed by atoms with Crippen LogP contribution in [0.2, 0.25) is 0 Å². The second-order valence-corrected chi connectivity index (χ2v) is 8.07. The van der Waals surface area contributed by atoms with Crippen molar-refractivity contribution in [2.75, 3.05) is 7.11 Å². The van der Waals surface area contributed by atoms with Crippen LogP contribution in [-0.2, 0) is 24.2 Å². The molecule has 1 aliphatic carbocycles. The second-order valence-electron chi connectivity index (χ2n) is 6.99. The Labute approximate surface area is 174 Å². The zero-order chi connectivity index (χ0) is 20.1. The first-order valence-electron chi connectivity index (χ1n) is 9.78. The van der Waals surface area contributed by atoms with Crippen LogP contribution < -0.4 is 4.74 Å². The Morgan fingerprint density at radius 3 is 2.76 bits per heavy atom. The summed E-state index contributed by atoms with van der Waals surface area (Å²) in [7, 11) is 1.43. The largest absolute Gasteiger partial charge is 0.489 e. The van der Waals surface area contributed by atoms with Crippen LogP contribution in [0.1, 0.15) is 44.8 Å². The summed E-state index contributed by atoms with van der Waals surface area (Å²) in [5, 5.41) is 0.736. The maximum atomic E-state index is 12.3. The molecule has 1 heterocycles. The number of esters is 1. The van der Waals surface area contributed by atoms with Crippen molar-refractivity contribution in [3.8, 4) is 5.75 Å². The zero-order valence-corrected chi connectivity index (χ0v) is 17.2. The number of aliphatic imine (C=N–C) groups is 1. The van der Waals surface area contributed by atoms with E-state index in [1.54, 1.807) is 17.6 Å². The van der Waals surface area contributed by atoms with E-state index in [1.807, 2.05) is 54.6 Å². The predicted octanol–water partition coefficient (Wildman–Crippen LogP) is 5.74. The Kier molecular flexibility index (Phi) is 6.06. The van der Waals surface area contributed by atoms with Gasteiger partial charge in [-0.05, 0) is 54.5 Å². The van der Waals surface area contributed by atoms with Gasteiger partial charge in [-0.3, -0.25) is 0 Å². The van der Waals surface area contributed by atoms with Crippen molar-refractivity contribution in [3.05, 3.63) is 81.7 Å². The fourth-order valence-electron chi connectivity index (χ4n) is 3.51. The van der Waals surface area contributed by atoms with Gasteiger partial charge >= 0.3 is 5.97 Å². The lowest BCUT2D eigenvalue weighted by Crippen LogP contribution is -2.07. The number of rotatable bonds is 6. The van der Waals surface area contributed by atoms with Gasteiger partial charge in [-0.2, -0.15) is 0 Å². The van der Waals surface area contributed by atoms with Gasteiger partial charge < -0.3 is 9.47 Å². The minimum absolute atomic E-state index is 0.295. The zero-order valence-electron chi connectivity index (χ0n) is 16.4.